The second-order valence-corrected chi connectivity index (χ2v) is 7.56. The zero-order valence-corrected chi connectivity index (χ0v) is 17.6. The molecule has 30 heavy (non-hydrogen) atoms. The van der Waals surface area contributed by atoms with Crippen LogP contribution in [0.4, 0.5) is 10.8 Å². The van der Waals surface area contributed by atoms with Crippen LogP contribution in [0.1, 0.15) is 23.7 Å². The molecule has 0 aliphatic carbocycles. The second kappa shape index (κ2) is 8.46. The molecule has 2 aromatic carbocycles. The Morgan fingerprint density at radius 2 is 1.90 bits per heavy atom. The molecule has 7 nitrogen and oxygen atoms in total. The Bertz CT molecular complexity index is 1170. The van der Waals surface area contributed by atoms with Gasteiger partial charge in [-0.2, -0.15) is 0 Å². The minimum atomic E-state index is -0.102. The Morgan fingerprint density at radius 3 is 2.67 bits per heavy atom. The number of thiazole rings is 1. The highest BCUT2D eigenvalue weighted by atomic mass is 32.1. The van der Waals surface area contributed by atoms with E-state index in [1.807, 2.05) is 67.8 Å². The number of anilines is 2. The molecule has 0 bridgehead atoms. The molecule has 0 N–H and O–H groups in total. The lowest BCUT2D eigenvalue weighted by Crippen LogP contribution is -2.23. The van der Waals surface area contributed by atoms with Gasteiger partial charge in [0.15, 0.2) is 5.13 Å². The summed E-state index contributed by atoms with van der Waals surface area (Å²) in [6.07, 6.45) is 0.0707. The number of aryl methyl sites for hydroxylation is 1. The number of amides is 1. The van der Waals surface area contributed by atoms with Crippen molar-refractivity contribution in [3.63, 3.8) is 0 Å². The third-order valence-electron chi connectivity index (χ3n) is 4.63. The van der Waals surface area contributed by atoms with Crippen molar-refractivity contribution in [1.82, 2.24) is 15.2 Å². The van der Waals surface area contributed by atoms with Gasteiger partial charge in [0.1, 0.15) is 6.61 Å². The summed E-state index contributed by atoms with van der Waals surface area (Å²) in [5, 5.41) is 10.4. The Balaban J connectivity index is 1.49. The molecule has 0 fully saturated rings. The van der Waals surface area contributed by atoms with Gasteiger partial charge in [-0.1, -0.05) is 35.4 Å². The molecular weight excluding hydrogens is 400 g/mol. The zero-order chi connectivity index (χ0) is 21.1. The van der Waals surface area contributed by atoms with Gasteiger partial charge in [0.2, 0.25) is 5.91 Å². The van der Waals surface area contributed by atoms with E-state index in [4.69, 9.17) is 9.15 Å². The van der Waals surface area contributed by atoms with E-state index in [1.165, 1.54) is 18.3 Å². The Labute approximate surface area is 178 Å². The molecule has 0 radical (unpaired) electrons. The van der Waals surface area contributed by atoms with E-state index in [1.54, 1.807) is 4.90 Å². The first-order valence-electron chi connectivity index (χ1n) is 9.36. The van der Waals surface area contributed by atoms with Gasteiger partial charge in [-0.3, -0.25) is 9.69 Å². The van der Waals surface area contributed by atoms with Gasteiger partial charge in [-0.05, 0) is 43.2 Å². The van der Waals surface area contributed by atoms with Crippen molar-refractivity contribution in [3.05, 3.63) is 70.7 Å². The largest absolute Gasteiger partial charge is 0.442 e. The van der Waals surface area contributed by atoms with Crippen molar-refractivity contribution >= 4 is 28.1 Å². The first-order valence-corrected chi connectivity index (χ1v) is 10.2. The summed E-state index contributed by atoms with van der Waals surface area (Å²) in [5.41, 5.74) is 4.48. The first-order chi connectivity index (χ1) is 14.5. The Hall–Kier alpha value is -3.52. The van der Waals surface area contributed by atoms with Crippen molar-refractivity contribution in [2.45, 2.75) is 27.4 Å². The summed E-state index contributed by atoms with van der Waals surface area (Å²) in [4.78, 5) is 18.6. The quantitative estimate of drug-likeness (QED) is 0.433. The minimum Gasteiger partial charge on any atom is -0.442 e. The van der Waals surface area contributed by atoms with Crippen LogP contribution in [0, 0.1) is 13.8 Å². The molecule has 4 aromatic rings. The molecule has 0 aliphatic rings. The van der Waals surface area contributed by atoms with Crippen molar-refractivity contribution in [2.24, 2.45) is 0 Å². The van der Waals surface area contributed by atoms with E-state index in [2.05, 4.69) is 15.2 Å². The fourth-order valence-corrected chi connectivity index (χ4v) is 3.82. The molecular formula is C22H20N4O3S. The van der Waals surface area contributed by atoms with Crippen molar-refractivity contribution < 1.29 is 13.9 Å². The van der Waals surface area contributed by atoms with Crippen LogP contribution in [0.15, 0.2) is 58.3 Å². The Kier molecular flexibility index (Phi) is 5.58. The molecule has 0 unspecified atom stereocenters. The fourth-order valence-electron chi connectivity index (χ4n) is 2.95. The van der Waals surface area contributed by atoms with Crippen LogP contribution in [0.3, 0.4) is 0 Å². The van der Waals surface area contributed by atoms with Crippen LogP contribution >= 0.6 is 11.3 Å². The number of carbonyl (C=O) groups is 1. The number of carbonyl (C=O) groups excluding carboxylic acids is 1. The Morgan fingerprint density at radius 1 is 1.10 bits per heavy atom. The second-order valence-electron chi connectivity index (χ2n) is 6.72. The number of hydrogen-bond donors (Lipinski definition) is 0. The highest BCUT2D eigenvalue weighted by Crippen LogP contribution is 2.32. The number of rotatable bonds is 6. The monoisotopic (exact) mass is 420 g/mol. The molecule has 8 heteroatoms. The van der Waals surface area contributed by atoms with Crippen LogP contribution in [0.2, 0.25) is 0 Å². The molecule has 0 saturated carbocycles. The normalized spacial score (nSPS) is 10.8. The van der Waals surface area contributed by atoms with Crippen LogP contribution < -0.4 is 9.64 Å². The molecule has 1 amide bonds. The minimum absolute atomic E-state index is 0.0707. The maximum absolute atomic E-state index is 12.4. The standard InChI is InChI=1S/C22H20N4O3S/c1-14-8-7-11-19(15(14)2)26(16(3)27)21-23-18(13-30-21)12-28-22-25-24-20(29-22)17-9-5-4-6-10-17/h4-11,13H,12H2,1-3H3. The smallest absolute Gasteiger partial charge is 0.415 e. The summed E-state index contributed by atoms with van der Waals surface area (Å²) in [5.74, 6) is 0.289. The van der Waals surface area contributed by atoms with Crippen molar-refractivity contribution in [3.8, 4) is 17.5 Å². The SMILES string of the molecule is CC(=O)N(c1nc(COc2nnc(-c3ccccc3)o2)cs1)c1cccc(C)c1C. The lowest BCUT2D eigenvalue weighted by atomic mass is 10.1. The number of benzene rings is 2. The molecule has 2 heterocycles. The highest BCUT2D eigenvalue weighted by molar-refractivity contribution is 7.14. The van der Waals surface area contributed by atoms with Gasteiger partial charge < -0.3 is 9.15 Å². The molecule has 0 atom stereocenters. The number of ether oxygens (including phenoxy) is 1. The van der Waals surface area contributed by atoms with E-state index in [-0.39, 0.29) is 18.6 Å². The van der Waals surface area contributed by atoms with Crippen LogP contribution in [-0.4, -0.2) is 21.1 Å². The topological polar surface area (TPSA) is 81.4 Å². The molecule has 0 spiro atoms. The summed E-state index contributed by atoms with van der Waals surface area (Å²) in [7, 11) is 0. The lowest BCUT2D eigenvalue weighted by molar-refractivity contribution is -0.115. The van der Waals surface area contributed by atoms with Gasteiger partial charge >= 0.3 is 6.08 Å². The van der Waals surface area contributed by atoms with Crippen LogP contribution in [0.25, 0.3) is 11.5 Å². The zero-order valence-electron chi connectivity index (χ0n) is 16.8. The molecule has 4 rings (SSSR count). The summed E-state index contributed by atoms with van der Waals surface area (Å²) >= 11 is 1.38. The number of hydrogen-bond acceptors (Lipinski definition) is 7. The predicted octanol–water partition coefficient (Wildman–Crippen LogP) is 5.07. The van der Waals surface area contributed by atoms with E-state index in [9.17, 15) is 4.79 Å². The van der Waals surface area contributed by atoms with E-state index in [0.717, 1.165) is 22.4 Å². The van der Waals surface area contributed by atoms with Gasteiger partial charge in [0.05, 0.1) is 11.4 Å². The highest BCUT2D eigenvalue weighted by Gasteiger charge is 2.20. The van der Waals surface area contributed by atoms with Crippen LogP contribution in [-0.2, 0) is 11.4 Å². The average Bonchev–Trinajstić information content (AvgIpc) is 3.40. The summed E-state index contributed by atoms with van der Waals surface area (Å²) < 4.78 is 11.1. The van der Waals surface area contributed by atoms with Gasteiger partial charge in [0, 0.05) is 17.9 Å². The average molecular weight is 420 g/mol. The molecule has 2 aromatic heterocycles. The maximum atomic E-state index is 12.4. The van der Waals surface area contributed by atoms with E-state index >= 15 is 0 Å². The van der Waals surface area contributed by atoms with Crippen molar-refractivity contribution in [1.29, 1.82) is 0 Å². The summed E-state index contributed by atoms with van der Waals surface area (Å²) in [6.45, 7) is 5.71. The van der Waals surface area contributed by atoms with Crippen molar-refractivity contribution in [2.75, 3.05) is 4.90 Å². The van der Waals surface area contributed by atoms with E-state index in [0.29, 0.717) is 16.7 Å². The van der Waals surface area contributed by atoms with Gasteiger partial charge in [0.25, 0.3) is 5.89 Å². The lowest BCUT2D eigenvalue weighted by Gasteiger charge is -2.21. The number of nitrogens with zero attached hydrogens (tertiary/aromatic N) is 4. The maximum Gasteiger partial charge on any atom is 0.415 e. The fraction of sp³-hybridized carbons (Fsp3) is 0.182. The van der Waals surface area contributed by atoms with Gasteiger partial charge in [-0.15, -0.1) is 16.4 Å². The third-order valence-corrected chi connectivity index (χ3v) is 5.51. The molecule has 152 valence electrons. The number of aromatic nitrogens is 3. The van der Waals surface area contributed by atoms with E-state index < -0.39 is 0 Å². The predicted molar refractivity (Wildman–Crippen MR) is 115 cm³/mol. The molecule has 0 aliphatic heterocycles. The van der Waals surface area contributed by atoms with Crippen LogP contribution in [0.5, 0.6) is 6.08 Å². The third kappa shape index (κ3) is 4.08. The first kappa shape index (κ1) is 19.8. The van der Waals surface area contributed by atoms with Gasteiger partial charge in [-0.25, -0.2) is 4.98 Å². The molecule has 0 saturated heterocycles. The summed E-state index contributed by atoms with van der Waals surface area (Å²) in [6, 6.07) is 15.4.